The van der Waals surface area contributed by atoms with Gasteiger partial charge in [-0.2, -0.15) is 0 Å². The van der Waals surface area contributed by atoms with E-state index in [2.05, 4.69) is 10.3 Å². The van der Waals surface area contributed by atoms with Gasteiger partial charge in [0.25, 0.3) is 11.5 Å². The van der Waals surface area contributed by atoms with Crippen molar-refractivity contribution in [1.29, 1.82) is 0 Å². The van der Waals surface area contributed by atoms with E-state index in [1.165, 1.54) is 0 Å². The number of H-pyrrole nitrogens is 1. The van der Waals surface area contributed by atoms with Crippen LogP contribution in [0.1, 0.15) is 16.1 Å². The molecule has 1 heterocycles. The molecule has 0 atom stereocenters. The number of amides is 1. The molecule has 6 nitrogen and oxygen atoms in total. The highest BCUT2D eigenvalue weighted by molar-refractivity contribution is 5.96. The van der Waals surface area contributed by atoms with Crippen LogP contribution >= 0.6 is 0 Å². The van der Waals surface area contributed by atoms with Crippen molar-refractivity contribution in [1.82, 2.24) is 10.3 Å². The highest BCUT2D eigenvalue weighted by Gasteiger charge is 2.10. The highest BCUT2D eigenvalue weighted by Crippen LogP contribution is 2.27. The molecule has 3 rings (SSSR count). The minimum atomic E-state index is -0.312. The molecule has 0 saturated carbocycles. The monoisotopic (exact) mass is 352 g/mol. The van der Waals surface area contributed by atoms with Crippen molar-refractivity contribution in [2.24, 2.45) is 0 Å². The lowest BCUT2D eigenvalue weighted by Crippen LogP contribution is -2.28. The van der Waals surface area contributed by atoms with E-state index >= 15 is 0 Å². The molecule has 2 N–H and O–H groups in total. The van der Waals surface area contributed by atoms with Gasteiger partial charge in [-0.3, -0.25) is 9.59 Å². The predicted octanol–water partition coefficient (Wildman–Crippen LogP) is 2.52. The number of hydrogen-bond acceptors (Lipinski definition) is 4. The Morgan fingerprint density at radius 2 is 1.81 bits per heavy atom. The Bertz CT molecular complexity index is 995. The van der Waals surface area contributed by atoms with Gasteiger partial charge in [0.2, 0.25) is 0 Å². The van der Waals surface area contributed by atoms with E-state index in [9.17, 15) is 9.59 Å². The summed E-state index contributed by atoms with van der Waals surface area (Å²) in [5.74, 6) is 0.998. The molecule has 26 heavy (non-hydrogen) atoms. The Hall–Kier alpha value is -3.28. The van der Waals surface area contributed by atoms with Gasteiger partial charge in [0.1, 0.15) is 5.69 Å². The maximum absolute atomic E-state index is 12.3. The number of rotatable bonds is 6. The summed E-state index contributed by atoms with van der Waals surface area (Å²) in [6.07, 6.45) is 0.629. The van der Waals surface area contributed by atoms with Gasteiger partial charge in [0.05, 0.1) is 14.2 Å². The molecule has 2 aromatic carbocycles. The number of hydrogen-bond donors (Lipinski definition) is 2. The zero-order chi connectivity index (χ0) is 18.5. The molecule has 0 spiro atoms. The van der Waals surface area contributed by atoms with Crippen molar-refractivity contribution >= 4 is 16.7 Å². The number of aromatic nitrogens is 1. The van der Waals surface area contributed by atoms with Crippen LogP contribution in [0.3, 0.4) is 0 Å². The second-order valence-electron chi connectivity index (χ2n) is 5.79. The fourth-order valence-electron chi connectivity index (χ4n) is 2.78. The molecule has 0 saturated heterocycles. The van der Waals surface area contributed by atoms with Crippen molar-refractivity contribution in [3.8, 4) is 11.5 Å². The number of carbonyl (C=O) groups excluding carboxylic acids is 1. The Labute approximate surface area is 150 Å². The van der Waals surface area contributed by atoms with Crippen LogP contribution in [0.5, 0.6) is 11.5 Å². The minimum absolute atomic E-state index is 0.251. The largest absolute Gasteiger partial charge is 0.493 e. The fourth-order valence-corrected chi connectivity index (χ4v) is 2.78. The third-order valence-electron chi connectivity index (χ3n) is 4.15. The normalized spacial score (nSPS) is 10.5. The predicted molar refractivity (Wildman–Crippen MR) is 100 cm³/mol. The SMILES string of the molecule is COc1ccc(CCNC(=O)c2cc3ccccc3c(=O)[nH]2)cc1OC. The summed E-state index contributed by atoms with van der Waals surface area (Å²) in [7, 11) is 3.17. The van der Waals surface area contributed by atoms with E-state index in [1.54, 1.807) is 32.4 Å². The second kappa shape index (κ2) is 7.74. The molecule has 0 aliphatic carbocycles. The number of benzene rings is 2. The maximum Gasteiger partial charge on any atom is 0.267 e. The number of pyridine rings is 1. The molecule has 0 aliphatic heterocycles. The van der Waals surface area contributed by atoms with Crippen LogP contribution in [0.4, 0.5) is 0 Å². The summed E-state index contributed by atoms with van der Waals surface area (Å²) in [4.78, 5) is 27.0. The lowest BCUT2D eigenvalue weighted by molar-refractivity contribution is 0.0949. The fraction of sp³-hybridized carbons (Fsp3) is 0.200. The third-order valence-corrected chi connectivity index (χ3v) is 4.15. The standard InChI is InChI=1S/C20H20N2O4/c1-25-17-8-7-13(11-18(17)26-2)9-10-21-20(24)16-12-14-5-3-4-6-15(14)19(23)22-16/h3-8,11-12H,9-10H2,1-2H3,(H,21,24)(H,22,23). The van der Waals surface area contributed by atoms with Gasteiger partial charge in [0.15, 0.2) is 11.5 Å². The zero-order valence-electron chi connectivity index (χ0n) is 14.7. The first kappa shape index (κ1) is 17.5. The van der Waals surface area contributed by atoms with E-state index in [1.807, 2.05) is 30.3 Å². The highest BCUT2D eigenvalue weighted by atomic mass is 16.5. The molecule has 0 unspecified atom stereocenters. The van der Waals surface area contributed by atoms with Crippen molar-refractivity contribution in [2.45, 2.75) is 6.42 Å². The zero-order valence-corrected chi connectivity index (χ0v) is 14.7. The Morgan fingerprint density at radius 3 is 2.58 bits per heavy atom. The number of fused-ring (bicyclic) bond motifs is 1. The molecule has 0 bridgehead atoms. The quantitative estimate of drug-likeness (QED) is 0.714. The van der Waals surface area contributed by atoms with E-state index in [0.29, 0.717) is 29.9 Å². The Morgan fingerprint density at radius 1 is 1.04 bits per heavy atom. The van der Waals surface area contributed by atoms with Crippen molar-refractivity contribution < 1.29 is 14.3 Å². The van der Waals surface area contributed by atoms with Gasteiger partial charge in [0, 0.05) is 11.9 Å². The molecular formula is C20H20N2O4. The molecule has 0 aliphatic rings. The second-order valence-corrected chi connectivity index (χ2v) is 5.79. The minimum Gasteiger partial charge on any atom is -0.493 e. The summed E-state index contributed by atoms with van der Waals surface area (Å²) in [6.45, 7) is 0.434. The number of aromatic amines is 1. The average Bonchev–Trinajstić information content (AvgIpc) is 2.67. The van der Waals surface area contributed by atoms with E-state index in [-0.39, 0.29) is 17.2 Å². The number of ether oxygens (including phenoxy) is 2. The molecule has 1 aromatic heterocycles. The van der Waals surface area contributed by atoms with Crippen LogP contribution in [-0.2, 0) is 6.42 Å². The van der Waals surface area contributed by atoms with Gasteiger partial charge < -0.3 is 19.8 Å². The molecule has 0 fully saturated rings. The number of nitrogens with one attached hydrogen (secondary N) is 2. The lowest BCUT2D eigenvalue weighted by Gasteiger charge is -2.10. The van der Waals surface area contributed by atoms with Crippen LogP contribution in [0.2, 0.25) is 0 Å². The lowest BCUT2D eigenvalue weighted by atomic mass is 10.1. The average molecular weight is 352 g/mol. The molecule has 134 valence electrons. The van der Waals surface area contributed by atoms with Crippen LogP contribution in [-0.4, -0.2) is 31.7 Å². The van der Waals surface area contributed by atoms with Gasteiger partial charge in [-0.15, -0.1) is 0 Å². The molecule has 3 aromatic rings. The van der Waals surface area contributed by atoms with E-state index < -0.39 is 0 Å². The molecule has 6 heteroatoms. The van der Waals surface area contributed by atoms with Crippen molar-refractivity contribution in [3.05, 3.63) is 70.1 Å². The number of carbonyl (C=O) groups is 1. The Kier molecular flexibility index (Phi) is 5.22. The number of methoxy groups -OCH3 is 2. The topological polar surface area (TPSA) is 80.4 Å². The van der Waals surface area contributed by atoms with Gasteiger partial charge in [-0.05, 0) is 41.6 Å². The smallest absolute Gasteiger partial charge is 0.267 e. The first-order valence-electron chi connectivity index (χ1n) is 8.23. The van der Waals surface area contributed by atoms with Gasteiger partial charge in [-0.25, -0.2) is 0 Å². The van der Waals surface area contributed by atoms with Crippen LogP contribution in [0.25, 0.3) is 10.8 Å². The van der Waals surface area contributed by atoms with Gasteiger partial charge in [-0.1, -0.05) is 24.3 Å². The van der Waals surface area contributed by atoms with E-state index in [4.69, 9.17) is 9.47 Å². The van der Waals surface area contributed by atoms with Crippen LogP contribution in [0.15, 0.2) is 53.3 Å². The first-order chi connectivity index (χ1) is 12.6. The summed E-state index contributed by atoms with van der Waals surface area (Å²) in [5.41, 5.74) is 0.990. The first-order valence-corrected chi connectivity index (χ1v) is 8.23. The summed E-state index contributed by atoms with van der Waals surface area (Å²) >= 11 is 0. The van der Waals surface area contributed by atoms with Crippen LogP contribution < -0.4 is 20.3 Å². The van der Waals surface area contributed by atoms with E-state index in [0.717, 1.165) is 10.9 Å². The molecule has 0 radical (unpaired) electrons. The van der Waals surface area contributed by atoms with Crippen LogP contribution in [0, 0.1) is 0 Å². The van der Waals surface area contributed by atoms with Crippen molar-refractivity contribution in [2.75, 3.05) is 20.8 Å². The maximum atomic E-state index is 12.3. The Balaban J connectivity index is 1.67. The summed E-state index contributed by atoms with van der Waals surface area (Å²) in [5, 5.41) is 4.13. The summed E-state index contributed by atoms with van der Waals surface area (Å²) < 4.78 is 10.5. The van der Waals surface area contributed by atoms with Crippen molar-refractivity contribution in [3.63, 3.8) is 0 Å². The summed E-state index contributed by atoms with van der Waals surface area (Å²) in [6, 6.07) is 14.5. The third kappa shape index (κ3) is 3.69. The molecule has 1 amide bonds. The molecular weight excluding hydrogens is 332 g/mol. The van der Waals surface area contributed by atoms with Gasteiger partial charge >= 0.3 is 0 Å².